The van der Waals surface area contributed by atoms with Crippen molar-refractivity contribution in [3.8, 4) is 0 Å². The predicted molar refractivity (Wildman–Crippen MR) is 219 cm³/mol. The summed E-state index contributed by atoms with van der Waals surface area (Å²) in [6.07, 6.45) is 45.8. The summed E-state index contributed by atoms with van der Waals surface area (Å²) >= 11 is 0. The van der Waals surface area contributed by atoms with Gasteiger partial charge in [-0.25, -0.2) is 4.57 Å². The highest BCUT2D eigenvalue weighted by Gasteiger charge is 2.26. The second-order valence-corrected chi connectivity index (χ2v) is 14.7. The molecule has 306 valence electrons. The number of unbranched alkanes of at least 4 members (excludes halogenated alkanes) is 12. The predicted octanol–water partition coefficient (Wildman–Crippen LogP) is 11.0. The second kappa shape index (κ2) is 39.6. The van der Waals surface area contributed by atoms with Crippen LogP contribution in [0.4, 0.5) is 0 Å². The summed E-state index contributed by atoms with van der Waals surface area (Å²) in [4.78, 5) is 22.5. The minimum atomic E-state index is -4.54. The summed E-state index contributed by atoms with van der Waals surface area (Å²) < 4.78 is 33.2. The molecule has 3 atom stereocenters. The molecule has 53 heavy (non-hydrogen) atoms. The SMILES string of the molecule is CC/C=C\C/C=C\C/C=C\C/C=C\C/C=C\CCCC(=O)OC(COCCCCCCCC/C=C\CCCCCCC)COP(=O)(O)OCC(O)CO. The van der Waals surface area contributed by atoms with Crippen LogP contribution in [0, 0.1) is 0 Å². The van der Waals surface area contributed by atoms with E-state index in [-0.39, 0.29) is 13.0 Å². The molecule has 0 heterocycles. The average Bonchev–Trinajstić information content (AvgIpc) is 3.15. The first-order valence-electron chi connectivity index (χ1n) is 20.4. The Morgan fingerprint density at radius 2 is 1.08 bits per heavy atom. The molecule has 0 aliphatic heterocycles. The Labute approximate surface area is 322 Å². The number of carbonyl (C=O) groups is 1. The van der Waals surface area contributed by atoms with Crippen LogP contribution in [0.5, 0.6) is 0 Å². The molecule has 3 unspecified atom stereocenters. The van der Waals surface area contributed by atoms with Crippen LogP contribution in [-0.4, -0.2) is 66.3 Å². The second-order valence-electron chi connectivity index (χ2n) is 13.3. The van der Waals surface area contributed by atoms with E-state index in [9.17, 15) is 19.4 Å². The lowest BCUT2D eigenvalue weighted by molar-refractivity contribution is -0.154. The van der Waals surface area contributed by atoms with Crippen LogP contribution < -0.4 is 0 Å². The number of allylic oxidation sites excluding steroid dienone is 12. The molecule has 0 aromatic carbocycles. The molecule has 0 rings (SSSR count). The lowest BCUT2D eigenvalue weighted by Gasteiger charge is -2.20. The molecule has 0 saturated carbocycles. The van der Waals surface area contributed by atoms with E-state index in [1.54, 1.807) is 0 Å². The van der Waals surface area contributed by atoms with Crippen LogP contribution in [0.25, 0.3) is 0 Å². The zero-order valence-electron chi connectivity index (χ0n) is 33.2. The fraction of sp³-hybridized carbons (Fsp3) is 0.698. The zero-order chi connectivity index (χ0) is 38.9. The molecule has 0 spiro atoms. The Morgan fingerprint density at radius 3 is 1.64 bits per heavy atom. The Balaban J connectivity index is 4.34. The molecular weight excluding hydrogens is 691 g/mol. The van der Waals surface area contributed by atoms with Crippen LogP contribution in [0.15, 0.2) is 72.9 Å². The number of rotatable bonds is 38. The van der Waals surface area contributed by atoms with Crippen molar-refractivity contribution in [1.82, 2.24) is 0 Å². The molecule has 0 fully saturated rings. The molecule has 3 N–H and O–H groups in total. The summed E-state index contributed by atoms with van der Waals surface area (Å²) in [5, 5.41) is 18.3. The van der Waals surface area contributed by atoms with Crippen molar-refractivity contribution in [3.63, 3.8) is 0 Å². The standard InChI is InChI=1S/C43H75O9P/c1-3-5-7-9-11-13-15-17-19-20-21-23-25-27-29-31-33-35-43(46)52-42(40-51-53(47,48)50-38-41(45)37-44)39-49-36-34-32-30-28-26-24-22-18-16-14-12-10-8-6-4-2/h5,7,11,13,16-19,21,23,27,29,41-42,44-45H,3-4,6,8-10,12,14-15,20,22,24-26,28,30-40H2,1-2H3,(H,47,48)/b7-5-,13-11-,18-16-,19-17-,23-21-,29-27-. The third-order valence-corrected chi connectivity index (χ3v) is 9.08. The van der Waals surface area contributed by atoms with E-state index in [2.05, 4.69) is 80.7 Å². The molecule has 0 radical (unpaired) electrons. The van der Waals surface area contributed by atoms with Gasteiger partial charge < -0.3 is 24.6 Å². The van der Waals surface area contributed by atoms with Gasteiger partial charge in [-0.05, 0) is 77.0 Å². The van der Waals surface area contributed by atoms with Crippen LogP contribution in [0.3, 0.4) is 0 Å². The monoisotopic (exact) mass is 767 g/mol. The lowest BCUT2D eigenvalue weighted by atomic mass is 10.1. The molecule has 0 amide bonds. The van der Waals surface area contributed by atoms with E-state index in [0.717, 1.165) is 64.2 Å². The van der Waals surface area contributed by atoms with Gasteiger partial charge in [0.05, 0.1) is 26.4 Å². The molecule has 0 aliphatic carbocycles. The first kappa shape index (κ1) is 50.9. The molecule has 0 aromatic heterocycles. The number of aliphatic hydroxyl groups excluding tert-OH is 2. The van der Waals surface area contributed by atoms with E-state index in [0.29, 0.717) is 13.0 Å². The van der Waals surface area contributed by atoms with E-state index in [1.807, 2.05) is 6.08 Å². The van der Waals surface area contributed by atoms with Gasteiger partial charge in [0.15, 0.2) is 0 Å². The number of phosphoric acid groups is 1. The quantitative estimate of drug-likeness (QED) is 0.0243. The third-order valence-electron chi connectivity index (χ3n) is 8.13. The maximum atomic E-state index is 12.6. The number of phosphoric ester groups is 1. The molecule has 0 aromatic rings. The topological polar surface area (TPSA) is 132 Å². The van der Waals surface area contributed by atoms with Gasteiger partial charge in [0, 0.05) is 13.0 Å². The normalized spacial score (nSPS) is 14.9. The van der Waals surface area contributed by atoms with E-state index >= 15 is 0 Å². The number of hydrogen-bond acceptors (Lipinski definition) is 8. The van der Waals surface area contributed by atoms with Gasteiger partial charge in [-0.3, -0.25) is 13.8 Å². The summed E-state index contributed by atoms with van der Waals surface area (Å²) in [5.41, 5.74) is 0. The van der Waals surface area contributed by atoms with Gasteiger partial charge in [0.1, 0.15) is 12.2 Å². The van der Waals surface area contributed by atoms with Crippen LogP contribution >= 0.6 is 7.82 Å². The highest BCUT2D eigenvalue weighted by Crippen LogP contribution is 2.43. The number of hydrogen-bond donors (Lipinski definition) is 3. The molecular formula is C43H75O9P. The maximum Gasteiger partial charge on any atom is 0.472 e. The smallest absolute Gasteiger partial charge is 0.457 e. The summed E-state index contributed by atoms with van der Waals surface area (Å²) in [7, 11) is -4.54. The van der Waals surface area contributed by atoms with Gasteiger partial charge in [-0.15, -0.1) is 0 Å². The Hall–Kier alpha value is -2.10. The highest BCUT2D eigenvalue weighted by molar-refractivity contribution is 7.47. The minimum Gasteiger partial charge on any atom is -0.457 e. The average molecular weight is 767 g/mol. The number of aliphatic hydroxyl groups is 2. The van der Waals surface area contributed by atoms with Crippen molar-refractivity contribution in [3.05, 3.63) is 72.9 Å². The fourth-order valence-corrected chi connectivity index (χ4v) is 5.82. The van der Waals surface area contributed by atoms with Crippen molar-refractivity contribution < 1.29 is 43.0 Å². The van der Waals surface area contributed by atoms with Crippen molar-refractivity contribution in [2.75, 3.05) is 33.0 Å². The van der Waals surface area contributed by atoms with Crippen molar-refractivity contribution in [2.45, 2.75) is 161 Å². The van der Waals surface area contributed by atoms with Crippen LogP contribution in [0.1, 0.15) is 149 Å². The fourth-order valence-electron chi connectivity index (χ4n) is 5.03. The van der Waals surface area contributed by atoms with Crippen molar-refractivity contribution >= 4 is 13.8 Å². The Morgan fingerprint density at radius 1 is 0.604 bits per heavy atom. The summed E-state index contributed by atoms with van der Waals surface area (Å²) in [6.45, 7) is 3.28. The van der Waals surface area contributed by atoms with Crippen LogP contribution in [0.2, 0.25) is 0 Å². The largest absolute Gasteiger partial charge is 0.472 e. The maximum absolute atomic E-state index is 12.6. The first-order valence-corrected chi connectivity index (χ1v) is 21.9. The molecule has 9 nitrogen and oxygen atoms in total. The lowest BCUT2D eigenvalue weighted by Crippen LogP contribution is -2.29. The number of carbonyl (C=O) groups excluding carboxylic acids is 1. The van der Waals surface area contributed by atoms with Gasteiger partial charge >= 0.3 is 13.8 Å². The number of esters is 1. The Bertz CT molecular complexity index is 1050. The van der Waals surface area contributed by atoms with Gasteiger partial charge in [-0.2, -0.15) is 0 Å². The first-order chi connectivity index (χ1) is 25.8. The van der Waals surface area contributed by atoms with Gasteiger partial charge in [0.2, 0.25) is 0 Å². The van der Waals surface area contributed by atoms with Crippen molar-refractivity contribution in [1.29, 1.82) is 0 Å². The Kier molecular flexibility index (Phi) is 38.0. The zero-order valence-corrected chi connectivity index (χ0v) is 34.1. The molecule has 0 bridgehead atoms. The minimum absolute atomic E-state index is 0.0186. The van der Waals surface area contributed by atoms with E-state index in [4.69, 9.17) is 23.6 Å². The summed E-state index contributed by atoms with van der Waals surface area (Å²) in [6, 6.07) is 0. The van der Waals surface area contributed by atoms with Crippen molar-refractivity contribution in [2.24, 2.45) is 0 Å². The molecule has 0 saturated heterocycles. The molecule has 0 aliphatic rings. The van der Waals surface area contributed by atoms with Gasteiger partial charge in [-0.1, -0.05) is 138 Å². The summed E-state index contributed by atoms with van der Waals surface area (Å²) in [5.74, 6) is -0.444. The van der Waals surface area contributed by atoms with E-state index < -0.39 is 45.8 Å². The van der Waals surface area contributed by atoms with Gasteiger partial charge in [0.25, 0.3) is 0 Å². The highest BCUT2D eigenvalue weighted by atomic mass is 31.2. The third kappa shape index (κ3) is 39.4. The van der Waals surface area contributed by atoms with E-state index in [1.165, 1.54) is 57.8 Å². The van der Waals surface area contributed by atoms with Crippen LogP contribution in [-0.2, 0) is 27.9 Å². The molecule has 10 heteroatoms. The number of ether oxygens (including phenoxy) is 2.